The molecule has 140 valence electrons. The number of oxime groups is 1. The van der Waals surface area contributed by atoms with E-state index in [-0.39, 0.29) is 27.5 Å². The molecule has 0 aliphatic heterocycles. The summed E-state index contributed by atoms with van der Waals surface area (Å²) in [6.07, 6.45) is 3.13. The highest BCUT2D eigenvalue weighted by Gasteiger charge is 2.16. The number of halogens is 1. The Hall–Kier alpha value is -3.71. The van der Waals surface area contributed by atoms with Crippen molar-refractivity contribution in [1.29, 1.82) is 0 Å². The number of aromatic nitrogens is 1. The Morgan fingerprint density at radius 2 is 1.75 bits per heavy atom. The van der Waals surface area contributed by atoms with Crippen LogP contribution >= 0.6 is 11.6 Å². The molecule has 3 N–H and O–H groups in total. The average molecular weight is 396 g/mol. The fourth-order valence-corrected chi connectivity index (χ4v) is 2.76. The van der Waals surface area contributed by atoms with Crippen LogP contribution in [-0.4, -0.2) is 32.9 Å². The minimum Gasteiger partial charge on any atom is -0.478 e. The molecular formula is C20H14ClN3O4. The summed E-state index contributed by atoms with van der Waals surface area (Å²) in [5.74, 6) is -1.73. The molecule has 0 fully saturated rings. The normalized spacial score (nSPS) is 11.1. The Kier molecular flexibility index (Phi) is 5.67. The lowest BCUT2D eigenvalue weighted by Crippen LogP contribution is -2.15. The first-order valence-corrected chi connectivity index (χ1v) is 8.44. The van der Waals surface area contributed by atoms with Gasteiger partial charge in [-0.2, -0.15) is 0 Å². The molecule has 0 spiro atoms. The molecule has 0 saturated carbocycles. The predicted octanol–water partition coefficient (Wildman–Crippen LogP) is 3.91. The molecule has 7 nitrogen and oxygen atoms in total. The van der Waals surface area contributed by atoms with Crippen molar-refractivity contribution in [3.8, 4) is 0 Å². The number of aromatic carboxylic acids is 1. The molecule has 8 heteroatoms. The number of amides is 1. The van der Waals surface area contributed by atoms with Gasteiger partial charge in [-0.1, -0.05) is 28.9 Å². The standard InChI is InChI=1S/C20H14ClN3O4/c21-15-6-7-17(16(10-15)20(26)27)23-19(25)13-4-1-3-12(9-13)18(24-28)14-5-2-8-22-11-14/h1-11,28H,(H,23,25)(H,26,27)/b24-18+. The van der Waals surface area contributed by atoms with Crippen LogP contribution in [0.5, 0.6) is 0 Å². The highest BCUT2D eigenvalue weighted by atomic mass is 35.5. The summed E-state index contributed by atoms with van der Waals surface area (Å²) in [6, 6.07) is 14.0. The van der Waals surface area contributed by atoms with Gasteiger partial charge in [0, 0.05) is 34.1 Å². The van der Waals surface area contributed by atoms with E-state index in [1.807, 2.05) is 0 Å². The monoisotopic (exact) mass is 395 g/mol. The smallest absolute Gasteiger partial charge is 0.337 e. The summed E-state index contributed by atoms with van der Waals surface area (Å²) in [7, 11) is 0. The third kappa shape index (κ3) is 4.16. The molecule has 0 aliphatic rings. The Morgan fingerprint density at radius 1 is 1.00 bits per heavy atom. The quantitative estimate of drug-likeness (QED) is 0.344. The highest BCUT2D eigenvalue weighted by molar-refractivity contribution is 6.31. The number of hydrogen-bond acceptors (Lipinski definition) is 5. The molecule has 2 aromatic carbocycles. The number of anilines is 1. The fraction of sp³-hybridized carbons (Fsp3) is 0. The number of carbonyl (C=O) groups excluding carboxylic acids is 1. The predicted molar refractivity (Wildman–Crippen MR) is 104 cm³/mol. The molecule has 3 rings (SSSR count). The molecule has 0 aliphatic carbocycles. The molecular weight excluding hydrogens is 382 g/mol. The number of carbonyl (C=O) groups is 2. The fourth-order valence-electron chi connectivity index (χ4n) is 2.59. The zero-order valence-electron chi connectivity index (χ0n) is 14.3. The SMILES string of the molecule is O=C(Nc1ccc(Cl)cc1C(=O)O)c1cccc(/C(=N\O)c2cccnc2)c1. The molecule has 1 heterocycles. The van der Waals surface area contributed by atoms with Crippen molar-refractivity contribution < 1.29 is 19.9 Å². The maximum absolute atomic E-state index is 12.6. The van der Waals surface area contributed by atoms with Gasteiger partial charge in [0.1, 0.15) is 5.71 Å². The van der Waals surface area contributed by atoms with E-state index < -0.39 is 11.9 Å². The van der Waals surface area contributed by atoms with E-state index in [0.717, 1.165) is 0 Å². The van der Waals surface area contributed by atoms with Gasteiger partial charge in [0.15, 0.2) is 0 Å². The number of nitrogens with one attached hydrogen (secondary N) is 1. The van der Waals surface area contributed by atoms with Crippen LogP contribution in [0.4, 0.5) is 5.69 Å². The van der Waals surface area contributed by atoms with Crippen molar-refractivity contribution in [2.45, 2.75) is 0 Å². The summed E-state index contributed by atoms with van der Waals surface area (Å²) in [5.41, 5.74) is 1.58. The second-order valence-corrected chi connectivity index (χ2v) is 6.16. The van der Waals surface area contributed by atoms with Crippen LogP contribution in [0.2, 0.25) is 5.02 Å². The zero-order valence-corrected chi connectivity index (χ0v) is 15.1. The Bertz CT molecular complexity index is 1070. The van der Waals surface area contributed by atoms with Crippen molar-refractivity contribution >= 4 is 34.9 Å². The minimum absolute atomic E-state index is 0.120. The van der Waals surface area contributed by atoms with E-state index in [1.165, 1.54) is 30.5 Å². The number of carboxylic acids is 1. The van der Waals surface area contributed by atoms with Gasteiger partial charge in [-0.25, -0.2) is 4.79 Å². The Labute approximate surface area is 164 Å². The molecule has 28 heavy (non-hydrogen) atoms. The molecule has 0 atom stereocenters. The van der Waals surface area contributed by atoms with Crippen molar-refractivity contribution in [2.75, 3.05) is 5.32 Å². The van der Waals surface area contributed by atoms with Crippen LogP contribution in [-0.2, 0) is 0 Å². The van der Waals surface area contributed by atoms with Gasteiger partial charge in [0.25, 0.3) is 5.91 Å². The Balaban J connectivity index is 1.91. The zero-order chi connectivity index (χ0) is 20.1. The molecule has 0 saturated heterocycles. The lowest BCUT2D eigenvalue weighted by molar-refractivity contribution is 0.0698. The van der Waals surface area contributed by atoms with E-state index in [1.54, 1.807) is 36.5 Å². The summed E-state index contributed by atoms with van der Waals surface area (Å²) < 4.78 is 0. The van der Waals surface area contributed by atoms with Gasteiger partial charge in [0.2, 0.25) is 0 Å². The van der Waals surface area contributed by atoms with E-state index in [4.69, 9.17) is 11.6 Å². The molecule has 0 radical (unpaired) electrons. The minimum atomic E-state index is -1.21. The molecule has 0 unspecified atom stereocenters. The summed E-state index contributed by atoms with van der Waals surface area (Å²) in [5, 5.41) is 24.8. The summed E-state index contributed by atoms with van der Waals surface area (Å²) in [4.78, 5) is 28.0. The third-order valence-corrected chi connectivity index (χ3v) is 4.13. The van der Waals surface area contributed by atoms with Gasteiger partial charge < -0.3 is 15.6 Å². The van der Waals surface area contributed by atoms with E-state index in [0.29, 0.717) is 11.1 Å². The van der Waals surface area contributed by atoms with Crippen LogP contribution in [0.15, 0.2) is 72.1 Å². The molecule has 1 amide bonds. The van der Waals surface area contributed by atoms with Crippen LogP contribution in [0.1, 0.15) is 31.8 Å². The van der Waals surface area contributed by atoms with Gasteiger partial charge >= 0.3 is 5.97 Å². The third-order valence-electron chi connectivity index (χ3n) is 3.89. The number of rotatable bonds is 5. The topological polar surface area (TPSA) is 112 Å². The number of carboxylic acid groups (broad SMARTS) is 1. The maximum Gasteiger partial charge on any atom is 0.337 e. The first-order valence-electron chi connectivity index (χ1n) is 8.06. The average Bonchev–Trinajstić information content (AvgIpc) is 2.71. The lowest BCUT2D eigenvalue weighted by atomic mass is 10.0. The van der Waals surface area contributed by atoms with Crippen molar-refractivity contribution in [3.63, 3.8) is 0 Å². The lowest BCUT2D eigenvalue weighted by Gasteiger charge is -2.10. The maximum atomic E-state index is 12.6. The molecule has 0 bridgehead atoms. The number of pyridine rings is 1. The second-order valence-electron chi connectivity index (χ2n) is 5.72. The van der Waals surface area contributed by atoms with Gasteiger partial charge in [0.05, 0.1) is 11.3 Å². The first kappa shape index (κ1) is 19.1. The van der Waals surface area contributed by atoms with Crippen LogP contribution in [0.25, 0.3) is 0 Å². The summed E-state index contributed by atoms with van der Waals surface area (Å²) in [6.45, 7) is 0. The van der Waals surface area contributed by atoms with Gasteiger partial charge in [-0.05, 0) is 42.5 Å². The van der Waals surface area contributed by atoms with Gasteiger partial charge in [-0.15, -0.1) is 0 Å². The van der Waals surface area contributed by atoms with Crippen molar-refractivity contribution in [1.82, 2.24) is 4.98 Å². The largest absolute Gasteiger partial charge is 0.478 e. The van der Waals surface area contributed by atoms with Crippen molar-refractivity contribution in [3.05, 3.63) is 94.3 Å². The second kappa shape index (κ2) is 8.32. The Morgan fingerprint density at radius 3 is 2.43 bits per heavy atom. The first-order chi connectivity index (χ1) is 13.5. The molecule has 3 aromatic rings. The van der Waals surface area contributed by atoms with Crippen LogP contribution in [0, 0.1) is 0 Å². The van der Waals surface area contributed by atoms with E-state index in [9.17, 15) is 19.9 Å². The number of hydrogen-bond donors (Lipinski definition) is 3. The van der Waals surface area contributed by atoms with Crippen LogP contribution in [0.3, 0.4) is 0 Å². The summed E-state index contributed by atoms with van der Waals surface area (Å²) >= 11 is 5.83. The van der Waals surface area contributed by atoms with Crippen molar-refractivity contribution in [2.24, 2.45) is 5.16 Å². The number of benzene rings is 2. The molecule has 1 aromatic heterocycles. The highest BCUT2D eigenvalue weighted by Crippen LogP contribution is 2.22. The number of nitrogens with zero attached hydrogens (tertiary/aromatic N) is 2. The van der Waals surface area contributed by atoms with Gasteiger partial charge in [-0.3, -0.25) is 9.78 Å². The van der Waals surface area contributed by atoms with E-state index in [2.05, 4.69) is 15.5 Å². The van der Waals surface area contributed by atoms with E-state index >= 15 is 0 Å². The van der Waals surface area contributed by atoms with Crippen LogP contribution < -0.4 is 5.32 Å².